The second-order valence-electron chi connectivity index (χ2n) is 4.36. The molecule has 1 N–H and O–H groups in total. The summed E-state index contributed by atoms with van der Waals surface area (Å²) in [5, 5.41) is 8.27. The van der Waals surface area contributed by atoms with Crippen LogP contribution < -0.4 is 5.32 Å². The molecule has 0 saturated heterocycles. The first-order valence-corrected chi connectivity index (χ1v) is 6.43. The van der Waals surface area contributed by atoms with E-state index < -0.39 is 0 Å². The SMILES string of the molecule is CC(Nc1nc2ccc(Cl)cn2n1)c1ccccc1. The Morgan fingerprint density at radius 2 is 1.95 bits per heavy atom. The van der Waals surface area contributed by atoms with Gasteiger partial charge in [0.1, 0.15) is 0 Å². The minimum Gasteiger partial charge on any atom is -0.346 e. The van der Waals surface area contributed by atoms with E-state index in [9.17, 15) is 0 Å². The molecule has 96 valence electrons. The molecule has 0 aliphatic rings. The Hall–Kier alpha value is -2.07. The lowest BCUT2D eigenvalue weighted by Crippen LogP contribution is -2.07. The van der Waals surface area contributed by atoms with Crippen molar-refractivity contribution in [2.24, 2.45) is 0 Å². The highest BCUT2D eigenvalue weighted by molar-refractivity contribution is 6.30. The Kier molecular flexibility index (Phi) is 3.09. The first-order chi connectivity index (χ1) is 9.22. The van der Waals surface area contributed by atoms with Gasteiger partial charge in [-0.15, -0.1) is 5.10 Å². The zero-order valence-corrected chi connectivity index (χ0v) is 11.2. The number of rotatable bonds is 3. The number of anilines is 1. The summed E-state index contributed by atoms with van der Waals surface area (Å²) in [6.45, 7) is 2.08. The fraction of sp³-hybridized carbons (Fsp3) is 0.143. The molecule has 0 bridgehead atoms. The normalized spacial score (nSPS) is 12.5. The van der Waals surface area contributed by atoms with E-state index in [1.165, 1.54) is 5.56 Å². The van der Waals surface area contributed by atoms with Gasteiger partial charge in [-0.05, 0) is 24.6 Å². The van der Waals surface area contributed by atoms with Crippen LogP contribution in [0.15, 0.2) is 48.7 Å². The van der Waals surface area contributed by atoms with Crippen molar-refractivity contribution < 1.29 is 0 Å². The predicted octanol–water partition coefficient (Wildman–Crippen LogP) is 3.56. The van der Waals surface area contributed by atoms with Crippen LogP contribution in [0.2, 0.25) is 5.02 Å². The predicted molar refractivity (Wildman–Crippen MR) is 76.5 cm³/mol. The number of halogens is 1. The Morgan fingerprint density at radius 3 is 2.74 bits per heavy atom. The van der Waals surface area contributed by atoms with Crippen molar-refractivity contribution in [3.05, 3.63) is 59.2 Å². The van der Waals surface area contributed by atoms with Crippen LogP contribution in [0.1, 0.15) is 18.5 Å². The highest BCUT2D eigenvalue weighted by Crippen LogP contribution is 2.17. The van der Waals surface area contributed by atoms with Crippen LogP contribution in [0.5, 0.6) is 0 Å². The minimum atomic E-state index is 0.147. The number of benzene rings is 1. The quantitative estimate of drug-likeness (QED) is 0.793. The summed E-state index contributed by atoms with van der Waals surface area (Å²) in [5.41, 5.74) is 1.96. The molecular weight excluding hydrogens is 260 g/mol. The Labute approximate surface area is 116 Å². The minimum absolute atomic E-state index is 0.147. The van der Waals surface area contributed by atoms with Gasteiger partial charge >= 0.3 is 0 Å². The molecule has 0 radical (unpaired) electrons. The Balaban J connectivity index is 1.85. The van der Waals surface area contributed by atoms with Crippen LogP contribution in [-0.2, 0) is 0 Å². The first-order valence-electron chi connectivity index (χ1n) is 6.06. The summed E-state index contributed by atoms with van der Waals surface area (Å²) in [6.07, 6.45) is 1.74. The molecule has 0 aliphatic heterocycles. The molecule has 19 heavy (non-hydrogen) atoms. The fourth-order valence-electron chi connectivity index (χ4n) is 1.94. The van der Waals surface area contributed by atoms with Crippen molar-refractivity contribution in [1.29, 1.82) is 0 Å². The number of pyridine rings is 1. The van der Waals surface area contributed by atoms with E-state index >= 15 is 0 Å². The van der Waals surface area contributed by atoms with E-state index in [1.807, 2.05) is 24.3 Å². The summed E-state index contributed by atoms with van der Waals surface area (Å²) in [6, 6.07) is 14.0. The summed E-state index contributed by atoms with van der Waals surface area (Å²) in [7, 11) is 0. The van der Waals surface area contributed by atoms with E-state index in [4.69, 9.17) is 11.6 Å². The van der Waals surface area contributed by atoms with Crippen molar-refractivity contribution in [1.82, 2.24) is 14.6 Å². The van der Waals surface area contributed by atoms with Gasteiger partial charge in [-0.3, -0.25) is 0 Å². The maximum Gasteiger partial charge on any atom is 0.243 e. The molecule has 1 aromatic carbocycles. The largest absolute Gasteiger partial charge is 0.346 e. The van der Waals surface area contributed by atoms with E-state index in [-0.39, 0.29) is 6.04 Å². The summed E-state index contributed by atoms with van der Waals surface area (Å²) in [4.78, 5) is 4.40. The molecule has 1 unspecified atom stereocenters. The van der Waals surface area contributed by atoms with Crippen molar-refractivity contribution >= 4 is 23.2 Å². The Bertz CT molecular complexity index is 693. The van der Waals surface area contributed by atoms with Gasteiger partial charge in [0.2, 0.25) is 5.95 Å². The van der Waals surface area contributed by atoms with Crippen LogP contribution in [0.3, 0.4) is 0 Å². The molecule has 3 rings (SSSR count). The number of hydrogen-bond acceptors (Lipinski definition) is 3. The molecule has 0 saturated carbocycles. The van der Waals surface area contributed by atoms with Gasteiger partial charge < -0.3 is 5.32 Å². The monoisotopic (exact) mass is 272 g/mol. The second kappa shape index (κ2) is 4.90. The molecule has 3 aromatic rings. The molecule has 0 fully saturated rings. The second-order valence-corrected chi connectivity index (χ2v) is 4.80. The third kappa shape index (κ3) is 2.53. The third-order valence-electron chi connectivity index (χ3n) is 2.94. The van der Waals surface area contributed by atoms with Gasteiger partial charge in [0.15, 0.2) is 5.65 Å². The molecule has 2 heterocycles. The highest BCUT2D eigenvalue weighted by atomic mass is 35.5. The molecular formula is C14H13ClN4. The lowest BCUT2D eigenvalue weighted by Gasteiger charge is -2.11. The molecule has 0 aliphatic carbocycles. The maximum atomic E-state index is 5.92. The number of fused-ring (bicyclic) bond motifs is 1. The lowest BCUT2D eigenvalue weighted by atomic mass is 10.1. The van der Waals surface area contributed by atoms with Crippen LogP contribution in [-0.4, -0.2) is 14.6 Å². The molecule has 5 heteroatoms. The van der Waals surface area contributed by atoms with Gasteiger partial charge in [0, 0.05) is 6.20 Å². The van der Waals surface area contributed by atoms with E-state index in [0.29, 0.717) is 11.0 Å². The number of hydrogen-bond donors (Lipinski definition) is 1. The maximum absolute atomic E-state index is 5.92. The average Bonchev–Trinajstić information content (AvgIpc) is 2.81. The topological polar surface area (TPSA) is 42.2 Å². The zero-order chi connectivity index (χ0) is 13.2. The molecule has 4 nitrogen and oxygen atoms in total. The standard InChI is InChI=1S/C14H13ClN4/c1-10(11-5-3-2-4-6-11)16-14-17-13-8-7-12(15)9-19(13)18-14/h2-10H,1H3,(H,16,18). The third-order valence-corrected chi connectivity index (χ3v) is 3.16. The fourth-order valence-corrected chi connectivity index (χ4v) is 2.09. The number of nitrogens with one attached hydrogen (secondary N) is 1. The Morgan fingerprint density at radius 1 is 1.16 bits per heavy atom. The van der Waals surface area contributed by atoms with Crippen LogP contribution in [0, 0.1) is 0 Å². The van der Waals surface area contributed by atoms with Crippen molar-refractivity contribution in [2.45, 2.75) is 13.0 Å². The number of nitrogens with zero attached hydrogens (tertiary/aromatic N) is 3. The van der Waals surface area contributed by atoms with Gasteiger partial charge in [-0.2, -0.15) is 4.98 Å². The van der Waals surface area contributed by atoms with E-state index in [2.05, 4.69) is 34.5 Å². The number of aromatic nitrogens is 3. The van der Waals surface area contributed by atoms with Crippen molar-refractivity contribution in [3.8, 4) is 0 Å². The van der Waals surface area contributed by atoms with Crippen LogP contribution in [0.4, 0.5) is 5.95 Å². The molecule has 1 atom stereocenters. The smallest absolute Gasteiger partial charge is 0.243 e. The van der Waals surface area contributed by atoms with Crippen LogP contribution in [0.25, 0.3) is 5.65 Å². The van der Waals surface area contributed by atoms with Gasteiger partial charge in [-0.25, -0.2) is 4.52 Å². The molecule has 0 spiro atoms. The first kappa shape index (κ1) is 12.0. The van der Waals surface area contributed by atoms with Gasteiger partial charge in [0.25, 0.3) is 0 Å². The summed E-state index contributed by atoms with van der Waals surface area (Å²) >= 11 is 5.92. The zero-order valence-electron chi connectivity index (χ0n) is 10.4. The van der Waals surface area contributed by atoms with Crippen molar-refractivity contribution in [3.63, 3.8) is 0 Å². The molecule has 0 amide bonds. The van der Waals surface area contributed by atoms with E-state index in [0.717, 1.165) is 5.65 Å². The lowest BCUT2D eigenvalue weighted by molar-refractivity contribution is 0.853. The van der Waals surface area contributed by atoms with Crippen molar-refractivity contribution in [2.75, 3.05) is 5.32 Å². The average molecular weight is 273 g/mol. The van der Waals surface area contributed by atoms with E-state index in [1.54, 1.807) is 16.8 Å². The van der Waals surface area contributed by atoms with Gasteiger partial charge in [-0.1, -0.05) is 41.9 Å². The highest BCUT2D eigenvalue weighted by Gasteiger charge is 2.08. The molecule has 2 aromatic heterocycles. The van der Waals surface area contributed by atoms with Gasteiger partial charge in [0.05, 0.1) is 11.1 Å². The summed E-state index contributed by atoms with van der Waals surface area (Å²) < 4.78 is 1.67. The van der Waals surface area contributed by atoms with Crippen LogP contribution >= 0.6 is 11.6 Å². The summed E-state index contributed by atoms with van der Waals surface area (Å²) in [5.74, 6) is 0.596.